The normalized spacial score (nSPS) is 30.9. The van der Waals surface area contributed by atoms with Crippen LogP contribution < -0.4 is 271 Å². The number of methoxy groups -OCH3 is 1. The molecule has 5 fully saturated rings. The number of rotatable bonds is 12. The predicted octanol–water partition coefficient (Wildman–Crippen LogP) is -38.1. The van der Waals surface area contributed by atoms with Gasteiger partial charge in [0.2, 0.25) is 58.4 Å². The standard InChI is InChI=1S/C31H42NO18.CO2.2H3NO3S.9Na.5H2O4S.H2O/c1-12-19(46-31-27(40)26(39)29(20(9-33)47-31)50-24-7-17(36)25(38)13(2)43-24)5-15(32-11-34)30(45-12)48-21-10-42-23(6-16(21)35)49-28-14(3)44-22(41-4)8-18(28)37;2-1-3;2*1-5(2,3)4;;;;;;;;;;5*1-5(2,3)4;/h5-8,10-31,35-40H,1-3H2,4H3,(H,32,34);;2*(H3,1,2,3,4);;;;;;;;;;5*(H2,1,2,3,4);1H2/q-9;;;;9*+1;;;;;;/p-8/t12?,13-,14?,15?,16+,17+,18+,19-,20-,21+,22-,23-,24+,25+,26+,27?,28+,29+,30+,31+;;;;;;;;;;;;;;;;;;/m0................../s1. The van der Waals surface area contributed by atoms with Crippen LogP contribution in [0.1, 0.15) is 0 Å². The van der Waals surface area contributed by atoms with Crippen molar-refractivity contribution < 1.29 is 483 Å². The van der Waals surface area contributed by atoms with Gasteiger partial charge in [-0.2, -0.15) is 16.2 Å². The maximum Gasteiger partial charge on any atom is 1.00 e. The van der Waals surface area contributed by atoms with Crippen molar-refractivity contribution in [2.75, 3.05) is 7.11 Å². The average molecular weight is 1660 g/mol. The molecule has 5 heterocycles. The Kier molecular flexibility index (Phi) is 92.2. The number of ether oxygens (including phenoxy) is 10. The van der Waals surface area contributed by atoms with Gasteiger partial charge in [-0.25, -0.2) is 85.6 Å². The van der Waals surface area contributed by atoms with E-state index in [9.17, 15) is 40.2 Å². The van der Waals surface area contributed by atoms with Gasteiger partial charge in [-0.05, 0) is 42.7 Å². The van der Waals surface area contributed by atoms with E-state index in [1.54, 1.807) is 6.29 Å². The third kappa shape index (κ3) is 85.9. The molecule has 22 atom stereocenters. The maximum atomic E-state index is 11.8. The van der Waals surface area contributed by atoms with Crippen molar-refractivity contribution >= 4 is 91.4 Å². The van der Waals surface area contributed by atoms with Crippen LogP contribution in [0.15, 0.2) is 0 Å². The second kappa shape index (κ2) is 66.4. The zero-order valence-electron chi connectivity index (χ0n) is 52.2. The molecule has 0 aromatic carbocycles. The number of amides is 1. The van der Waals surface area contributed by atoms with Crippen LogP contribution in [0.2, 0.25) is 0 Å². The Morgan fingerprint density at radius 1 is 0.490 bits per heavy atom. The van der Waals surface area contributed by atoms with E-state index >= 15 is 0 Å². The van der Waals surface area contributed by atoms with Crippen LogP contribution in [0.3, 0.4) is 0 Å². The van der Waals surface area contributed by atoms with Crippen LogP contribution in [0.25, 0.3) is 0 Å². The van der Waals surface area contributed by atoms with Gasteiger partial charge < -0.3 is 155 Å². The van der Waals surface area contributed by atoms with E-state index in [2.05, 4.69) is 26.1 Å². The van der Waals surface area contributed by atoms with E-state index in [1.807, 2.05) is 0 Å². The smallest absolute Gasteiger partial charge is 0.870 e. The molecule has 98 heavy (non-hydrogen) atoms. The summed E-state index contributed by atoms with van der Waals surface area (Å²) in [7, 11) is -32.0. The fraction of sp³-hybridized carbons (Fsp3) is 0.656. The summed E-state index contributed by atoms with van der Waals surface area (Å²) in [4.78, 5) is 39.5. The molecular weight excluding hydrogens is 1610 g/mol. The van der Waals surface area contributed by atoms with Gasteiger partial charge in [-0.1, -0.05) is 18.3 Å². The zero-order chi connectivity index (χ0) is 70.5. The Balaban J connectivity index is -0.000000101. The predicted molar refractivity (Wildman–Crippen MR) is 255 cm³/mol. The average Bonchev–Trinajstić information content (AvgIpc) is 3.28. The number of aliphatic hydroxyl groups excluding tert-OH is 6. The molecule has 17 N–H and O–H groups in total. The van der Waals surface area contributed by atoms with Crippen LogP contribution in [0.5, 0.6) is 0 Å². The van der Waals surface area contributed by atoms with Crippen LogP contribution in [0, 0.1) is 62.6 Å². The molecule has 6 unspecified atom stereocenters. The van der Waals surface area contributed by atoms with Gasteiger partial charge in [0.05, 0.1) is 38.9 Å². The molecule has 0 aliphatic carbocycles. The first-order valence-electron chi connectivity index (χ1n) is 20.9. The topological polar surface area (TPSA) is 880 Å². The molecule has 0 spiro atoms. The summed E-state index contributed by atoms with van der Waals surface area (Å²) in [6, 6.07) is -1.03. The largest absolute Gasteiger partial charge is 1.00 e. The minimum atomic E-state index is -4.92. The van der Waals surface area contributed by atoms with Crippen molar-refractivity contribution in [3.63, 3.8) is 0 Å². The maximum absolute atomic E-state index is 11.8. The molecule has 0 aromatic heterocycles. The summed E-state index contributed by atoms with van der Waals surface area (Å²) in [5, 5.41) is 65.1. The minimum Gasteiger partial charge on any atom is -0.870 e. The number of aliphatic hydroxyl groups is 6. The molecule has 66 heteroatoms. The Labute approximate surface area is 760 Å². The van der Waals surface area contributed by atoms with Crippen LogP contribution in [0.4, 0.5) is 0 Å². The van der Waals surface area contributed by atoms with Gasteiger partial charge >= 0.3 is 272 Å². The summed E-state index contributed by atoms with van der Waals surface area (Å²) in [6.07, 6.45) is -16.9. The Morgan fingerprint density at radius 3 is 1.15 bits per heavy atom. The van der Waals surface area contributed by atoms with Crippen molar-refractivity contribution in [1.29, 1.82) is 9.56 Å². The van der Waals surface area contributed by atoms with Gasteiger partial charge in [0.15, 0.2) is 6.29 Å². The third-order valence-electron chi connectivity index (χ3n) is 8.48. The number of hydrogen-bond acceptors (Lipinski definition) is 42. The van der Waals surface area contributed by atoms with Crippen molar-refractivity contribution in [2.24, 2.45) is 0 Å². The van der Waals surface area contributed by atoms with Crippen molar-refractivity contribution in [3.05, 3.63) is 53.1 Å². The Morgan fingerprint density at radius 2 is 0.827 bits per heavy atom. The summed E-state index contributed by atoms with van der Waals surface area (Å²) < 4.78 is 281. The van der Waals surface area contributed by atoms with Crippen LogP contribution >= 0.6 is 0 Å². The van der Waals surface area contributed by atoms with E-state index < -0.39 is 196 Å². The van der Waals surface area contributed by atoms with E-state index in [0.717, 1.165) is 13.0 Å². The molecular formula is C32H52N3Na9O47S7-8. The molecule has 0 radical (unpaired) electrons. The van der Waals surface area contributed by atoms with Crippen LogP contribution in [-0.4, -0.2) is 299 Å². The molecule has 5 aliphatic heterocycles. The summed E-state index contributed by atoms with van der Waals surface area (Å²) in [5.41, 5.74) is 0. The van der Waals surface area contributed by atoms with E-state index in [0.29, 0.717) is 6.41 Å². The molecule has 0 bridgehead atoms. The third-order valence-corrected chi connectivity index (χ3v) is 8.48. The summed E-state index contributed by atoms with van der Waals surface area (Å²) in [6.45, 7) is 12.4. The number of hydrogen-bond donors (Lipinski definition) is 16. The quantitative estimate of drug-likeness (QED) is 0.0284. The molecule has 5 rings (SSSR count). The summed E-state index contributed by atoms with van der Waals surface area (Å²) in [5.74, 6) is 0. The van der Waals surface area contributed by atoms with Crippen LogP contribution in [-0.2, 0) is 139 Å². The molecule has 0 aromatic rings. The first-order valence-corrected chi connectivity index (χ1v) is 30.6. The Bertz CT molecular complexity index is 2530. The first kappa shape index (κ1) is 136. The minimum absolute atomic E-state index is 0. The zero-order valence-corrected chi connectivity index (χ0v) is 75.9. The number of carbonyl (C=O) groups excluding carboxylic acids is 4. The molecule has 1 amide bonds. The fourth-order valence-electron chi connectivity index (χ4n) is 5.73. The molecule has 50 nitrogen and oxygen atoms in total. The van der Waals surface area contributed by atoms with Crippen molar-refractivity contribution in [1.82, 2.24) is 5.32 Å². The van der Waals surface area contributed by atoms with E-state index in [-0.39, 0.29) is 278 Å². The second-order valence-corrected chi connectivity index (χ2v) is 21.3. The van der Waals surface area contributed by atoms with Crippen molar-refractivity contribution in [3.8, 4) is 0 Å². The van der Waals surface area contributed by atoms with E-state index in [4.69, 9.17) is 181 Å². The van der Waals surface area contributed by atoms with Gasteiger partial charge in [-0.15, -0.1) is 0 Å². The molecule has 536 valence electrons. The van der Waals surface area contributed by atoms with Gasteiger partial charge in [0.25, 0.3) is 0 Å². The molecule has 0 saturated carbocycles. The monoisotopic (exact) mass is 1660 g/mol. The number of nitrogens with one attached hydrogen (secondary N) is 3. The van der Waals surface area contributed by atoms with E-state index in [1.165, 1.54) is 26.4 Å². The summed E-state index contributed by atoms with van der Waals surface area (Å²) >= 11 is 0. The fourth-order valence-corrected chi connectivity index (χ4v) is 5.73. The molecule has 5 saturated heterocycles. The number of carbonyl (C=O) groups is 1. The van der Waals surface area contributed by atoms with Gasteiger partial charge in [0, 0.05) is 26.0 Å². The SMILES string of the molecule is N=S(=O)([O-])O.N=S(=O)([O-])O.O=C=O.O=S(=O)([O-])O.O=S(=O)([O-])O.O=S(=O)([O-])O.O=S(=O)([O-])O.O=S(=O)([O-])O.[CH2-]C1O[C@H](O[C@@H]2[CH-]O[C@@H](O[C@@H]3C([CH2-])O[C@H](OC)[CH-][C@H]3O)[CH-][C@H]2O)C(NC=O)[CH-][C@@H]1O[C@@H]1O[C@@H]([C-]=O)[C@@H](O[C@@H]2[CH-][C@@H](O)[C@H](O)[C@H]([CH2-])O2)[C@H](O)C1O.[Na+].[Na+].[Na+].[Na+].[Na+].[Na+].[Na+].[Na+].[Na+].[OH-]. The molecule has 5 aliphatic rings. The first-order chi connectivity index (χ1) is 39.2. The van der Waals surface area contributed by atoms with Gasteiger partial charge in [0.1, 0.15) is 18.5 Å². The Hall–Kier alpha value is 5.93. The van der Waals surface area contributed by atoms with Gasteiger partial charge in [-0.3, -0.25) is 34.0 Å². The second-order valence-electron chi connectivity index (χ2n) is 15.1. The van der Waals surface area contributed by atoms with Crippen molar-refractivity contribution in [2.45, 2.75) is 123 Å².